The number of nitro benzene ring substituents is 1. The molecule has 66 heavy (non-hydrogen) atoms. The van der Waals surface area contributed by atoms with Gasteiger partial charge in [0.05, 0.1) is 105 Å². The number of hydrogen-bond acceptors (Lipinski definition) is 11. The van der Waals surface area contributed by atoms with Gasteiger partial charge < -0.3 is 58.7 Å². The van der Waals surface area contributed by atoms with E-state index >= 15 is 0 Å². The molecule has 3 rings (SSSR count). The number of carbonyl (C=O) groups excluding carboxylic acids is 2. The van der Waals surface area contributed by atoms with Crippen molar-refractivity contribution in [2.45, 2.75) is 123 Å². The summed E-state index contributed by atoms with van der Waals surface area (Å²) in [6, 6.07) is 5.27. The van der Waals surface area contributed by atoms with Gasteiger partial charge in [-0.1, -0.05) is 0 Å². The number of nitro groups is 1. The number of quaternary nitrogens is 3. The van der Waals surface area contributed by atoms with Crippen molar-refractivity contribution in [1.82, 2.24) is 10.2 Å². The van der Waals surface area contributed by atoms with Crippen LogP contribution < -0.4 is 10.1 Å². The highest BCUT2D eigenvalue weighted by Gasteiger charge is 2.32. The van der Waals surface area contributed by atoms with Gasteiger partial charge in [0.2, 0.25) is 0 Å². The van der Waals surface area contributed by atoms with E-state index < -0.39 is 39.8 Å². The van der Waals surface area contributed by atoms with Crippen LogP contribution in [0.1, 0.15) is 106 Å². The summed E-state index contributed by atoms with van der Waals surface area (Å²) in [5.74, 6) is -1.62. The summed E-state index contributed by atoms with van der Waals surface area (Å²) in [5, 5.41) is 40.6. The first kappa shape index (κ1) is 63.9. The van der Waals surface area contributed by atoms with E-state index in [2.05, 4.69) is 68.7 Å². The standard InChI is InChI=1S/C16H25N2O5.C16H30N2O4.C9H22NO.C6H11NO2.H2O/c1-16(2,11-6-12-18(3,4)5)23-15(19)22-14-9-7-13(8-10-14)17(20)21;1-16(2,9-6-12-18(3,4)5)22-15(21)17-10-7-13(8-11-17)14(19)20;1-9(2,11)7-6-8-10(3,4)5;8-6(9)5-1-3-7-4-2-5;/h7-10H,6,11-12H2,1-5H3;13H,6-12H2,1-5H3;11H,6-8H2,1-5H3;5,7H,1-4H2,(H,8,9);1H2/q+1;;+1;;/p+1. The van der Waals surface area contributed by atoms with Crippen LogP contribution in [0.3, 0.4) is 0 Å². The minimum atomic E-state index is -0.811. The molecule has 19 heteroatoms. The van der Waals surface area contributed by atoms with Crippen molar-refractivity contribution in [2.75, 3.05) is 109 Å². The summed E-state index contributed by atoms with van der Waals surface area (Å²) < 4.78 is 18.7. The van der Waals surface area contributed by atoms with Gasteiger partial charge in [0.15, 0.2) is 0 Å². The fourth-order valence-corrected chi connectivity index (χ4v) is 6.70. The van der Waals surface area contributed by atoms with Gasteiger partial charge >= 0.3 is 24.2 Å². The number of carbonyl (C=O) groups is 4. The lowest BCUT2D eigenvalue weighted by molar-refractivity contribution is -0.870. The third-order valence-electron chi connectivity index (χ3n) is 10.6. The summed E-state index contributed by atoms with van der Waals surface area (Å²) >= 11 is 0. The highest BCUT2D eigenvalue weighted by atomic mass is 16.7. The van der Waals surface area contributed by atoms with Crippen LogP contribution in [0.25, 0.3) is 0 Å². The maximum Gasteiger partial charge on any atom is 0.514 e. The predicted molar refractivity (Wildman–Crippen MR) is 256 cm³/mol. The number of carboxylic acids is 2. The number of nitrogens with zero attached hydrogens (tertiary/aromatic N) is 5. The first-order valence-electron chi connectivity index (χ1n) is 22.9. The van der Waals surface area contributed by atoms with E-state index in [1.807, 2.05) is 41.5 Å². The Morgan fingerprint density at radius 2 is 1.06 bits per heavy atom. The van der Waals surface area contributed by atoms with Crippen LogP contribution in [0.15, 0.2) is 24.3 Å². The second kappa shape index (κ2) is 28.9. The van der Waals surface area contributed by atoms with Crippen LogP contribution in [-0.2, 0) is 19.1 Å². The molecule has 0 aromatic heterocycles. The van der Waals surface area contributed by atoms with Crippen LogP contribution in [0.4, 0.5) is 15.3 Å². The maximum atomic E-state index is 12.2. The van der Waals surface area contributed by atoms with Crippen LogP contribution in [-0.4, -0.2) is 194 Å². The number of rotatable bonds is 18. The Hall–Kier alpha value is -4.14. The van der Waals surface area contributed by atoms with E-state index in [0.717, 1.165) is 97.5 Å². The number of non-ortho nitro benzene ring substituents is 1. The summed E-state index contributed by atoms with van der Waals surface area (Å²) in [6.07, 6.45) is 6.89. The molecular weight excluding hydrogens is 857 g/mol. The molecule has 2 saturated heterocycles. The number of nitrogens with one attached hydrogen (secondary N) is 1. The quantitative estimate of drug-likeness (QED) is 0.0431. The van der Waals surface area contributed by atoms with Crippen LogP contribution in [0.2, 0.25) is 0 Å². The normalized spacial score (nSPS) is 15.2. The summed E-state index contributed by atoms with van der Waals surface area (Å²) in [7, 11) is 19.3. The third-order valence-corrected chi connectivity index (χ3v) is 10.6. The van der Waals surface area contributed by atoms with Crippen molar-refractivity contribution in [3.63, 3.8) is 0 Å². The monoisotopic (exact) mass is 948 g/mol. The van der Waals surface area contributed by atoms with Gasteiger partial charge in [-0.2, -0.15) is 0 Å². The van der Waals surface area contributed by atoms with Crippen molar-refractivity contribution < 1.29 is 72.6 Å². The van der Waals surface area contributed by atoms with Gasteiger partial charge in [-0.3, -0.25) is 19.7 Å². The molecule has 6 N–H and O–H groups in total. The lowest BCUT2D eigenvalue weighted by Crippen LogP contribution is -2.44. The van der Waals surface area contributed by atoms with Gasteiger partial charge in [0.1, 0.15) is 17.0 Å². The number of piperidine rings is 2. The molecule has 1 amide bonds. The number of benzene rings is 1. The Bertz CT molecular complexity index is 1570. The number of amides is 1. The Morgan fingerprint density at radius 3 is 1.41 bits per heavy atom. The van der Waals surface area contributed by atoms with E-state index in [1.54, 1.807) is 4.90 Å². The van der Waals surface area contributed by atoms with E-state index in [-0.39, 0.29) is 34.8 Å². The van der Waals surface area contributed by atoms with Crippen molar-refractivity contribution in [3.8, 4) is 5.75 Å². The molecular formula is C47H91N6O13+3. The average Bonchev–Trinajstić information content (AvgIpc) is 3.13. The lowest BCUT2D eigenvalue weighted by atomic mass is 9.97. The molecule has 0 unspecified atom stereocenters. The van der Waals surface area contributed by atoms with Crippen molar-refractivity contribution in [1.29, 1.82) is 0 Å². The molecule has 19 nitrogen and oxygen atoms in total. The van der Waals surface area contributed by atoms with Crippen molar-refractivity contribution >= 4 is 29.9 Å². The number of hydrogen-bond donors (Lipinski definition) is 4. The fourth-order valence-electron chi connectivity index (χ4n) is 6.70. The summed E-state index contributed by atoms with van der Waals surface area (Å²) in [5.41, 5.74) is -1.68. The van der Waals surface area contributed by atoms with E-state index in [4.69, 9.17) is 24.4 Å². The summed E-state index contributed by atoms with van der Waals surface area (Å²) in [6.45, 7) is 17.0. The Morgan fingerprint density at radius 1 is 0.682 bits per heavy atom. The molecule has 1 aromatic carbocycles. The molecule has 0 spiro atoms. The highest BCUT2D eigenvalue weighted by molar-refractivity contribution is 5.72. The maximum absolute atomic E-state index is 12.2. The number of aliphatic carboxylic acids is 2. The van der Waals surface area contributed by atoms with Gasteiger partial charge in [-0.05, 0) is 118 Å². The third kappa shape index (κ3) is 34.2. The summed E-state index contributed by atoms with van der Waals surface area (Å²) in [4.78, 5) is 57.0. The van der Waals surface area contributed by atoms with Gasteiger partial charge in [-0.25, -0.2) is 9.59 Å². The van der Waals surface area contributed by atoms with Crippen LogP contribution in [0, 0.1) is 22.0 Å². The molecule has 0 atom stereocenters. The Balaban J connectivity index is 0. The second-order valence-electron chi connectivity index (χ2n) is 22.2. The van der Waals surface area contributed by atoms with E-state index in [1.165, 1.54) is 24.3 Å². The molecule has 0 bridgehead atoms. The minimum Gasteiger partial charge on any atom is -0.481 e. The number of ether oxygens (including phenoxy) is 3. The molecule has 0 saturated carbocycles. The zero-order valence-electron chi connectivity index (χ0n) is 43.2. The molecule has 1 aromatic rings. The fraction of sp³-hybridized carbons (Fsp3) is 0.787. The molecule has 2 aliphatic rings. The van der Waals surface area contributed by atoms with Gasteiger partial charge in [0, 0.05) is 38.1 Å². The van der Waals surface area contributed by atoms with E-state index in [9.17, 15) is 34.4 Å². The highest BCUT2D eigenvalue weighted by Crippen LogP contribution is 2.24. The lowest BCUT2D eigenvalue weighted by Gasteiger charge is -2.34. The minimum absolute atomic E-state index is 0. The van der Waals surface area contributed by atoms with E-state index in [0.29, 0.717) is 25.9 Å². The van der Waals surface area contributed by atoms with Crippen molar-refractivity contribution in [2.24, 2.45) is 11.8 Å². The predicted octanol–water partition coefficient (Wildman–Crippen LogP) is 6.05. The number of carboxylic acid groups (broad SMARTS) is 2. The smallest absolute Gasteiger partial charge is 0.481 e. The van der Waals surface area contributed by atoms with Crippen molar-refractivity contribution in [3.05, 3.63) is 34.4 Å². The van der Waals surface area contributed by atoms with Gasteiger partial charge in [0.25, 0.3) is 5.69 Å². The van der Waals surface area contributed by atoms with Crippen LogP contribution >= 0.6 is 0 Å². The molecule has 384 valence electrons. The zero-order valence-corrected chi connectivity index (χ0v) is 43.2. The molecule has 0 radical (unpaired) electrons. The average molecular weight is 948 g/mol. The first-order valence-corrected chi connectivity index (χ1v) is 22.9. The SMILES string of the molecule is CC(C)(CCC[N+](C)(C)C)OC(=O)N1CCC(C(=O)O)CC1.CC(C)(CCC[N+](C)(C)C)OC(=O)Oc1ccc([N+](=O)[O-])cc1.CC(C)(O)CCC[N+](C)(C)C.O.O=C(O)C1CCNCC1. The first-order chi connectivity index (χ1) is 29.5. The molecule has 2 aliphatic heterocycles. The van der Waals surface area contributed by atoms with Crippen LogP contribution in [0.5, 0.6) is 5.75 Å². The molecule has 2 heterocycles. The molecule has 2 fully saturated rings. The second-order valence-corrected chi connectivity index (χ2v) is 22.2. The zero-order chi connectivity index (χ0) is 50.5. The number of likely N-dealkylation sites (tertiary alicyclic amines) is 1. The van der Waals surface area contributed by atoms with Gasteiger partial charge in [-0.15, -0.1) is 0 Å². The number of aliphatic hydroxyl groups is 1. The molecule has 0 aliphatic carbocycles. The Kier molecular flexibility index (Phi) is 28.0. The Labute approximate surface area is 395 Å². The largest absolute Gasteiger partial charge is 0.514 e. The topological polar surface area (TPSA) is 247 Å².